The fourth-order valence-corrected chi connectivity index (χ4v) is 3.48. The molecule has 0 amide bonds. The van der Waals surface area contributed by atoms with Crippen LogP contribution in [-0.2, 0) is 10.0 Å². The highest BCUT2D eigenvalue weighted by Gasteiger charge is 2.21. The quantitative estimate of drug-likeness (QED) is 0.864. The largest absolute Gasteiger partial charge is 0.491 e. The summed E-state index contributed by atoms with van der Waals surface area (Å²) >= 11 is 0. The molecule has 0 aromatic heterocycles. The van der Waals surface area contributed by atoms with Crippen LogP contribution >= 0.6 is 0 Å². The van der Waals surface area contributed by atoms with E-state index in [9.17, 15) is 8.42 Å². The van der Waals surface area contributed by atoms with Crippen molar-refractivity contribution in [2.45, 2.75) is 43.7 Å². The minimum Gasteiger partial charge on any atom is -0.491 e. The Hall–Kier alpha value is -1.11. The normalized spacial score (nSPS) is 20.1. The lowest BCUT2D eigenvalue weighted by Crippen LogP contribution is -2.45. The molecule has 20 heavy (non-hydrogen) atoms. The van der Waals surface area contributed by atoms with Gasteiger partial charge in [-0.25, -0.2) is 13.1 Å². The number of sulfonamides is 1. The monoisotopic (exact) mass is 298 g/mol. The Morgan fingerprint density at radius 2 is 2.00 bits per heavy atom. The van der Waals surface area contributed by atoms with E-state index in [1.807, 2.05) is 13.8 Å². The molecule has 0 aliphatic carbocycles. The highest BCUT2D eigenvalue weighted by Crippen LogP contribution is 2.18. The molecule has 1 aliphatic rings. The molecule has 0 unspecified atom stereocenters. The van der Waals surface area contributed by atoms with E-state index in [1.54, 1.807) is 24.3 Å². The summed E-state index contributed by atoms with van der Waals surface area (Å²) < 4.78 is 32.8. The summed E-state index contributed by atoms with van der Waals surface area (Å²) in [4.78, 5) is 0.277. The van der Waals surface area contributed by atoms with Crippen molar-refractivity contribution in [1.29, 1.82) is 0 Å². The van der Waals surface area contributed by atoms with Crippen LogP contribution in [0, 0.1) is 0 Å². The van der Waals surface area contributed by atoms with Gasteiger partial charge in [0.25, 0.3) is 0 Å². The van der Waals surface area contributed by atoms with Gasteiger partial charge in [0.1, 0.15) is 5.75 Å². The highest BCUT2D eigenvalue weighted by atomic mass is 32.2. The highest BCUT2D eigenvalue weighted by molar-refractivity contribution is 7.89. The molecule has 1 fully saturated rings. The predicted molar refractivity (Wildman–Crippen MR) is 78.4 cm³/mol. The maximum Gasteiger partial charge on any atom is 0.240 e. The zero-order valence-corrected chi connectivity index (χ0v) is 12.7. The van der Waals surface area contributed by atoms with Gasteiger partial charge in [-0.2, -0.15) is 0 Å². The fraction of sp³-hybridized carbons (Fsp3) is 0.571. The van der Waals surface area contributed by atoms with Crippen molar-refractivity contribution in [1.82, 2.24) is 10.0 Å². The van der Waals surface area contributed by atoms with Crippen LogP contribution in [0.15, 0.2) is 29.2 Å². The summed E-state index contributed by atoms with van der Waals surface area (Å²) in [5.41, 5.74) is 0. The van der Waals surface area contributed by atoms with Crippen molar-refractivity contribution in [3.63, 3.8) is 0 Å². The molecule has 112 valence electrons. The van der Waals surface area contributed by atoms with Crippen LogP contribution in [0.25, 0.3) is 0 Å². The summed E-state index contributed by atoms with van der Waals surface area (Å²) in [6.07, 6.45) is 1.94. The molecule has 5 nitrogen and oxygen atoms in total. The molecule has 0 spiro atoms. The van der Waals surface area contributed by atoms with Crippen molar-refractivity contribution >= 4 is 10.0 Å². The third-order valence-electron chi connectivity index (χ3n) is 3.12. The molecule has 2 N–H and O–H groups in total. The number of hydrogen-bond donors (Lipinski definition) is 2. The first kappa shape index (κ1) is 15.3. The second kappa shape index (κ2) is 6.56. The average Bonchev–Trinajstić information content (AvgIpc) is 2.39. The molecule has 6 heteroatoms. The van der Waals surface area contributed by atoms with Crippen LogP contribution in [0.2, 0.25) is 0 Å². The number of hydrogen-bond acceptors (Lipinski definition) is 4. The molecule has 1 heterocycles. The third-order valence-corrected chi connectivity index (χ3v) is 4.66. The van der Waals surface area contributed by atoms with Gasteiger partial charge in [0.2, 0.25) is 10.0 Å². The van der Waals surface area contributed by atoms with E-state index in [0.29, 0.717) is 12.3 Å². The minimum atomic E-state index is -3.45. The van der Waals surface area contributed by atoms with Crippen molar-refractivity contribution in [3.8, 4) is 5.75 Å². The molecule has 1 aromatic rings. The molecular formula is C14H22N2O3S. The Kier molecular flexibility index (Phi) is 5.01. The standard InChI is InChI=1S/C14H22N2O3S/c1-11(2)19-13-5-7-14(8-6-13)20(17,18)16-12-4-3-9-15-10-12/h5-8,11-12,15-16H,3-4,9-10H2,1-2H3/t12-/m1/s1. The van der Waals surface area contributed by atoms with Gasteiger partial charge in [0.05, 0.1) is 11.0 Å². The van der Waals surface area contributed by atoms with E-state index >= 15 is 0 Å². The van der Waals surface area contributed by atoms with E-state index in [4.69, 9.17) is 4.74 Å². The Morgan fingerprint density at radius 3 is 2.55 bits per heavy atom. The minimum absolute atomic E-state index is 0.0275. The Balaban J connectivity index is 2.04. The van der Waals surface area contributed by atoms with Gasteiger partial charge in [-0.05, 0) is 57.5 Å². The fourth-order valence-electron chi connectivity index (χ4n) is 2.21. The van der Waals surface area contributed by atoms with Gasteiger partial charge in [-0.3, -0.25) is 0 Å². The van der Waals surface area contributed by atoms with E-state index in [2.05, 4.69) is 10.0 Å². The Morgan fingerprint density at radius 1 is 1.30 bits per heavy atom. The van der Waals surface area contributed by atoms with E-state index in [-0.39, 0.29) is 17.0 Å². The van der Waals surface area contributed by atoms with Gasteiger partial charge in [0, 0.05) is 12.6 Å². The van der Waals surface area contributed by atoms with E-state index < -0.39 is 10.0 Å². The zero-order chi connectivity index (χ0) is 14.6. The number of rotatable bonds is 5. The predicted octanol–water partition coefficient (Wildman–Crippen LogP) is 1.50. The van der Waals surface area contributed by atoms with Crippen LogP contribution in [0.1, 0.15) is 26.7 Å². The molecule has 0 radical (unpaired) electrons. The van der Waals surface area contributed by atoms with Crippen molar-refractivity contribution < 1.29 is 13.2 Å². The van der Waals surface area contributed by atoms with Crippen LogP contribution in [0.4, 0.5) is 0 Å². The van der Waals surface area contributed by atoms with Gasteiger partial charge in [-0.1, -0.05) is 0 Å². The smallest absolute Gasteiger partial charge is 0.240 e. The van der Waals surface area contributed by atoms with E-state index in [0.717, 1.165) is 19.4 Å². The summed E-state index contributed by atoms with van der Waals surface area (Å²) in [6.45, 7) is 5.51. The molecule has 1 aliphatic heterocycles. The van der Waals surface area contributed by atoms with Gasteiger partial charge in [0.15, 0.2) is 0 Å². The maximum absolute atomic E-state index is 12.3. The molecule has 0 saturated carbocycles. The van der Waals surface area contributed by atoms with E-state index in [1.165, 1.54) is 0 Å². The molecule has 2 rings (SSSR count). The first-order chi connectivity index (χ1) is 9.47. The number of ether oxygens (including phenoxy) is 1. The first-order valence-corrected chi connectivity index (χ1v) is 8.45. The number of nitrogens with one attached hydrogen (secondary N) is 2. The number of benzene rings is 1. The molecule has 1 aromatic carbocycles. The van der Waals surface area contributed by atoms with Crippen molar-refractivity contribution in [2.75, 3.05) is 13.1 Å². The zero-order valence-electron chi connectivity index (χ0n) is 11.9. The lowest BCUT2D eigenvalue weighted by molar-refractivity contribution is 0.242. The topological polar surface area (TPSA) is 67.4 Å². The lowest BCUT2D eigenvalue weighted by atomic mass is 10.1. The lowest BCUT2D eigenvalue weighted by Gasteiger charge is -2.23. The van der Waals surface area contributed by atoms with Gasteiger partial charge < -0.3 is 10.1 Å². The summed E-state index contributed by atoms with van der Waals surface area (Å²) in [6, 6.07) is 6.51. The molecule has 0 bridgehead atoms. The van der Waals surface area contributed by atoms with Gasteiger partial charge in [-0.15, -0.1) is 0 Å². The van der Waals surface area contributed by atoms with Crippen molar-refractivity contribution in [2.24, 2.45) is 0 Å². The molecule has 1 saturated heterocycles. The second-order valence-corrected chi connectivity index (χ2v) is 7.02. The summed E-state index contributed by atoms with van der Waals surface area (Å²) in [7, 11) is -3.45. The Labute approximate surface area is 120 Å². The average molecular weight is 298 g/mol. The Bertz CT molecular complexity index is 520. The SMILES string of the molecule is CC(C)Oc1ccc(S(=O)(=O)N[C@@H]2CCCNC2)cc1. The molecule has 1 atom stereocenters. The van der Waals surface area contributed by atoms with Crippen LogP contribution in [-0.4, -0.2) is 33.7 Å². The molecular weight excluding hydrogens is 276 g/mol. The first-order valence-electron chi connectivity index (χ1n) is 6.97. The van der Waals surface area contributed by atoms with Crippen molar-refractivity contribution in [3.05, 3.63) is 24.3 Å². The van der Waals surface area contributed by atoms with Crippen LogP contribution in [0.5, 0.6) is 5.75 Å². The van der Waals surface area contributed by atoms with Crippen LogP contribution in [0.3, 0.4) is 0 Å². The van der Waals surface area contributed by atoms with Crippen LogP contribution < -0.4 is 14.8 Å². The summed E-state index contributed by atoms with van der Waals surface area (Å²) in [5, 5.41) is 3.19. The maximum atomic E-state index is 12.3. The second-order valence-electron chi connectivity index (χ2n) is 5.30. The van der Waals surface area contributed by atoms with Gasteiger partial charge >= 0.3 is 0 Å². The third kappa shape index (κ3) is 4.19. The number of piperidine rings is 1. The summed E-state index contributed by atoms with van der Waals surface area (Å²) in [5.74, 6) is 0.679.